The second kappa shape index (κ2) is 3.97. The van der Waals surface area contributed by atoms with Crippen LogP contribution in [0.5, 0.6) is 0 Å². The van der Waals surface area contributed by atoms with Crippen LogP contribution in [0.25, 0.3) is 0 Å². The van der Waals surface area contributed by atoms with Gasteiger partial charge in [-0.25, -0.2) is 0 Å². The Morgan fingerprint density at radius 1 is 1.43 bits per heavy atom. The van der Waals surface area contributed by atoms with E-state index in [4.69, 9.17) is 0 Å². The lowest BCUT2D eigenvalue weighted by Crippen LogP contribution is -2.20. The molecule has 0 saturated heterocycles. The van der Waals surface area contributed by atoms with Gasteiger partial charge in [0.1, 0.15) is 9.21 Å². The molecule has 1 aromatic heterocycles. The Labute approximate surface area is 101 Å². The molecule has 78 valence electrons. The van der Waals surface area contributed by atoms with Crippen LogP contribution in [0.2, 0.25) is 0 Å². The van der Waals surface area contributed by atoms with Crippen LogP contribution in [0, 0.1) is 5.41 Å². The molecule has 0 amide bonds. The van der Waals surface area contributed by atoms with Crippen molar-refractivity contribution in [1.82, 2.24) is 9.78 Å². The van der Waals surface area contributed by atoms with E-state index in [9.17, 15) is 0 Å². The molecular formula is C10H14Br2N2. The van der Waals surface area contributed by atoms with Gasteiger partial charge in [0.2, 0.25) is 0 Å². The highest BCUT2D eigenvalue weighted by atomic mass is 79.9. The molecule has 0 aromatic carbocycles. The van der Waals surface area contributed by atoms with Gasteiger partial charge >= 0.3 is 0 Å². The smallest absolute Gasteiger partial charge is 0.129 e. The van der Waals surface area contributed by atoms with E-state index < -0.39 is 0 Å². The minimum Gasteiger partial charge on any atom is -0.257 e. The van der Waals surface area contributed by atoms with Crippen LogP contribution in [-0.4, -0.2) is 9.78 Å². The van der Waals surface area contributed by atoms with Crippen LogP contribution in [0.1, 0.15) is 32.6 Å². The third-order valence-corrected chi connectivity index (χ3v) is 4.07. The summed E-state index contributed by atoms with van der Waals surface area (Å²) in [5.41, 5.74) is 0.452. The first-order chi connectivity index (χ1) is 6.59. The van der Waals surface area contributed by atoms with Gasteiger partial charge in [-0.2, -0.15) is 5.10 Å². The van der Waals surface area contributed by atoms with Crippen molar-refractivity contribution in [2.45, 2.75) is 39.2 Å². The highest BCUT2D eigenvalue weighted by Crippen LogP contribution is 2.39. The zero-order valence-corrected chi connectivity index (χ0v) is 11.4. The number of aromatic nitrogens is 2. The van der Waals surface area contributed by atoms with E-state index >= 15 is 0 Å². The highest BCUT2D eigenvalue weighted by molar-refractivity contribution is 9.11. The topological polar surface area (TPSA) is 17.8 Å². The number of nitrogens with zero attached hydrogens (tertiary/aromatic N) is 2. The molecule has 0 radical (unpaired) electrons. The Balaban J connectivity index is 2.13. The van der Waals surface area contributed by atoms with Gasteiger partial charge in [-0.15, -0.1) is 0 Å². The maximum atomic E-state index is 4.41. The maximum Gasteiger partial charge on any atom is 0.129 e. The summed E-state index contributed by atoms with van der Waals surface area (Å²) in [4.78, 5) is 0. The average Bonchev–Trinajstić information content (AvgIpc) is 2.61. The number of hydrogen-bond acceptors (Lipinski definition) is 1. The van der Waals surface area contributed by atoms with Gasteiger partial charge in [-0.05, 0) is 50.1 Å². The van der Waals surface area contributed by atoms with Gasteiger partial charge in [0.15, 0.2) is 0 Å². The van der Waals surface area contributed by atoms with Gasteiger partial charge in [0.25, 0.3) is 0 Å². The predicted molar refractivity (Wildman–Crippen MR) is 64.2 cm³/mol. The van der Waals surface area contributed by atoms with Gasteiger partial charge in [0.05, 0.1) is 0 Å². The Hall–Kier alpha value is 0.170. The molecule has 14 heavy (non-hydrogen) atoms. The van der Waals surface area contributed by atoms with Crippen molar-refractivity contribution in [2.24, 2.45) is 5.41 Å². The van der Waals surface area contributed by atoms with Crippen LogP contribution in [0.3, 0.4) is 0 Å². The van der Waals surface area contributed by atoms with Crippen LogP contribution in [0.4, 0.5) is 0 Å². The van der Waals surface area contributed by atoms with Crippen LogP contribution in [0.15, 0.2) is 15.3 Å². The zero-order chi connectivity index (χ0) is 10.2. The highest BCUT2D eigenvalue weighted by Gasteiger charge is 2.29. The monoisotopic (exact) mass is 320 g/mol. The summed E-state index contributed by atoms with van der Waals surface area (Å²) in [6.07, 6.45) is 5.40. The van der Waals surface area contributed by atoms with Crippen LogP contribution >= 0.6 is 31.9 Å². The Morgan fingerprint density at radius 2 is 2.07 bits per heavy atom. The molecule has 1 aromatic rings. The molecule has 1 aliphatic rings. The van der Waals surface area contributed by atoms with E-state index in [0.29, 0.717) is 5.41 Å². The summed E-state index contributed by atoms with van der Waals surface area (Å²) < 4.78 is 4.03. The molecule has 0 bridgehead atoms. The standard InChI is InChI=1S/C10H14Br2N2/c1-10(4-2-3-5-10)7-14-9(12)6-8(11)13-14/h6H,2-5,7H2,1H3. The van der Waals surface area contributed by atoms with Crippen molar-refractivity contribution in [3.05, 3.63) is 15.3 Å². The predicted octanol–water partition coefficient (Wildman–Crippen LogP) is 3.99. The molecule has 0 aliphatic heterocycles. The van der Waals surface area contributed by atoms with Crippen molar-refractivity contribution >= 4 is 31.9 Å². The fourth-order valence-corrected chi connectivity index (χ4v) is 3.36. The van der Waals surface area contributed by atoms with Gasteiger partial charge in [-0.3, -0.25) is 4.68 Å². The van der Waals surface area contributed by atoms with Crippen molar-refractivity contribution in [3.8, 4) is 0 Å². The van der Waals surface area contributed by atoms with Crippen LogP contribution in [-0.2, 0) is 6.54 Å². The molecular weight excluding hydrogens is 308 g/mol. The second-order valence-corrected chi connectivity index (χ2v) is 6.09. The van der Waals surface area contributed by atoms with Gasteiger partial charge in [-0.1, -0.05) is 19.8 Å². The van der Waals surface area contributed by atoms with E-state index in [-0.39, 0.29) is 0 Å². The molecule has 2 rings (SSSR count). The van der Waals surface area contributed by atoms with Gasteiger partial charge in [0, 0.05) is 12.6 Å². The summed E-state index contributed by atoms with van der Waals surface area (Å²) in [6.45, 7) is 3.39. The lowest BCUT2D eigenvalue weighted by atomic mass is 9.89. The molecule has 0 unspecified atom stereocenters. The third-order valence-electron chi connectivity index (χ3n) is 3.04. The number of hydrogen-bond donors (Lipinski definition) is 0. The van der Waals surface area contributed by atoms with Crippen molar-refractivity contribution in [3.63, 3.8) is 0 Å². The molecule has 4 heteroatoms. The third kappa shape index (κ3) is 2.22. The fourth-order valence-electron chi connectivity index (χ4n) is 2.22. The SMILES string of the molecule is CC1(Cn2nc(Br)cc2Br)CCCC1. The minimum absolute atomic E-state index is 0.452. The number of halogens is 2. The normalized spacial score (nSPS) is 20.2. The second-order valence-electron chi connectivity index (χ2n) is 4.47. The molecule has 2 nitrogen and oxygen atoms in total. The first-order valence-electron chi connectivity index (χ1n) is 4.98. The summed E-state index contributed by atoms with van der Waals surface area (Å²) in [5.74, 6) is 0. The quantitative estimate of drug-likeness (QED) is 0.805. The fraction of sp³-hybridized carbons (Fsp3) is 0.700. The molecule has 1 saturated carbocycles. The number of rotatable bonds is 2. The first kappa shape index (κ1) is 10.7. The Kier molecular flexibility index (Phi) is 3.03. The summed E-state index contributed by atoms with van der Waals surface area (Å²) in [7, 11) is 0. The van der Waals surface area contributed by atoms with E-state index in [0.717, 1.165) is 15.8 Å². The molecule has 0 spiro atoms. The van der Waals surface area contributed by atoms with Crippen LogP contribution < -0.4 is 0 Å². The van der Waals surface area contributed by atoms with Crippen molar-refractivity contribution < 1.29 is 0 Å². The zero-order valence-electron chi connectivity index (χ0n) is 8.26. The lowest BCUT2D eigenvalue weighted by Gasteiger charge is -2.23. The summed E-state index contributed by atoms with van der Waals surface area (Å²) >= 11 is 6.91. The average molecular weight is 322 g/mol. The first-order valence-corrected chi connectivity index (χ1v) is 6.57. The van der Waals surface area contributed by atoms with E-state index in [1.54, 1.807) is 0 Å². The van der Waals surface area contributed by atoms with Crippen molar-refractivity contribution in [2.75, 3.05) is 0 Å². The van der Waals surface area contributed by atoms with E-state index in [1.165, 1.54) is 25.7 Å². The molecule has 1 fully saturated rings. The van der Waals surface area contributed by atoms with Crippen molar-refractivity contribution in [1.29, 1.82) is 0 Å². The molecule has 0 atom stereocenters. The van der Waals surface area contributed by atoms with E-state index in [2.05, 4.69) is 48.6 Å². The largest absolute Gasteiger partial charge is 0.257 e. The minimum atomic E-state index is 0.452. The Bertz CT molecular complexity index is 327. The summed E-state index contributed by atoms with van der Waals surface area (Å²) in [6, 6.07) is 2.00. The van der Waals surface area contributed by atoms with E-state index in [1.807, 2.05) is 6.07 Å². The molecule has 1 aliphatic carbocycles. The lowest BCUT2D eigenvalue weighted by molar-refractivity contribution is 0.265. The molecule has 0 N–H and O–H groups in total. The Morgan fingerprint density at radius 3 is 2.57 bits per heavy atom. The maximum absolute atomic E-state index is 4.41. The summed E-state index contributed by atoms with van der Waals surface area (Å²) in [5, 5.41) is 4.41. The van der Waals surface area contributed by atoms with Gasteiger partial charge < -0.3 is 0 Å². The molecule has 1 heterocycles.